The van der Waals surface area contributed by atoms with E-state index >= 15 is 0 Å². The molecule has 0 bridgehead atoms. The molecule has 5 nitrogen and oxygen atoms in total. The largest absolute Gasteiger partial charge is 0.394 e. The van der Waals surface area contributed by atoms with Gasteiger partial charge in [-0.1, -0.05) is 11.6 Å². The smallest absolute Gasteiger partial charge is 0.217 e. The van der Waals surface area contributed by atoms with E-state index in [0.717, 1.165) is 6.42 Å². The number of hydrogen-bond donors (Lipinski definition) is 3. The lowest BCUT2D eigenvalue weighted by atomic mass is 9.80. The molecule has 0 fully saturated rings. The van der Waals surface area contributed by atoms with Crippen molar-refractivity contribution in [2.45, 2.75) is 64.9 Å². The second-order valence-electron chi connectivity index (χ2n) is 5.93. The van der Waals surface area contributed by atoms with Gasteiger partial charge in [0.2, 0.25) is 5.91 Å². The van der Waals surface area contributed by atoms with Crippen LogP contribution in [-0.4, -0.2) is 47.1 Å². The molecule has 1 amide bonds. The first kappa shape index (κ1) is 17.1. The summed E-state index contributed by atoms with van der Waals surface area (Å²) in [7, 11) is 0. The fourth-order valence-corrected chi connectivity index (χ4v) is 2.79. The second kappa shape index (κ2) is 7.76. The zero-order valence-electron chi connectivity index (χ0n) is 12.8. The van der Waals surface area contributed by atoms with E-state index in [2.05, 4.69) is 5.32 Å². The molecule has 1 unspecified atom stereocenters. The molecular weight excluding hydrogens is 258 g/mol. The van der Waals surface area contributed by atoms with E-state index in [1.807, 2.05) is 26.8 Å². The SMILES string of the molecule is CC(=O)N[C@@H]1[C@@H](CC(O)CO)CC(C)=C[C@H]1OC(C)C. The van der Waals surface area contributed by atoms with Gasteiger partial charge in [0.25, 0.3) is 0 Å². The highest BCUT2D eigenvalue weighted by molar-refractivity contribution is 5.73. The van der Waals surface area contributed by atoms with E-state index < -0.39 is 6.10 Å². The normalized spacial score (nSPS) is 28.1. The van der Waals surface area contributed by atoms with Gasteiger partial charge < -0.3 is 20.3 Å². The lowest BCUT2D eigenvalue weighted by Crippen LogP contribution is -2.51. The minimum absolute atomic E-state index is 0.0572. The molecule has 116 valence electrons. The quantitative estimate of drug-likeness (QED) is 0.636. The molecule has 20 heavy (non-hydrogen) atoms. The van der Waals surface area contributed by atoms with Crippen molar-refractivity contribution in [3.05, 3.63) is 11.6 Å². The van der Waals surface area contributed by atoms with Gasteiger partial charge in [0, 0.05) is 6.92 Å². The minimum Gasteiger partial charge on any atom is -0.394 e. The van der Waals surface area contributed by atoms with Crippen LogP contribution in [0.4, 0.5) is 0 Å². The number of carbonyl (C=O) groups is 1. The monoisotopic (exact) mass is 285 g/mol. The third-order valence-electron chi connectivity index (χ3n) is 3.48. The van der Waals surface area contributed by atoms with Crippen molar-refractivity contribution in [3.63, 3.8) is 0 Å². The van der Waals surface area contributed by atoms with Crippen molar-refractivity contribution < 1.29 is 19.7 Å². The van der Waals surface area contributed by atoms with Crippen LogP contribution in [0.3, 0.4) is 0 Å². The second-order valence-corrected chi connectivity index (χ2v) is 5.93. The van der Waals surface area contributed by atoms with Gasteiger partial charge in [-0.05, 0) is 39.5 Å². The van der Waals surface area contributed by atoms with Crippen LogP contribution in [0.15, 0.2) is 11.6 Å². The molecule has 0 aromatic carbocycles. The summed E-state index contributed by atoms with van der Waals surface area (Å²) in [6, 6.07) is -0.167. The summed E-state index contributed by atoms with van der Waals surface area (Å²) in [4.78, 5) is 11.4. The first-order valence-corrected chi connectivity index (χ1v) is 7.22. The van der Waals surface area contributed by atoms with Crippen LogP contribution in [0.2, 0.25) is 0 Å². The van der Waals surface area contributed by atoms with Crippen molar-refractivity contribution in [3.8, 4) is 0 Å². The highest BCUT2D eigenvalue weighted by Gasteiger charge is 2.35. The zero-order valence-corrected chi connectivity index (χ0v) is 12.8. The maximum atomic E-state index is 11.4. The molecule has 1 aliphatic rings. The predicted octanol–water partition coefficient (Wildman–Crippen LogP) is 0.994. The standard InChI is InChI=1S/C15H27NO4/c1-9(2)20-14-6-10(3)5-12(7-13(19)8-17)15(14)16-11(4)18/h6,9,12-15,17,19H,5,7-8H2,1-4H3,(H,16,18)/t12-,13?,14-,15-/m1/s1. The Balaban J connectivity index is 2.89. The molecule has 1 rings (SSSR count). The van der Waals surface area contributed by atoms with Gasteiger partial charge >= 0.3 is 0 Å². The number of nitrogens with one attached hydrogen (secondary N) is 1. The molecule has 0 saturated carbocycles. The molecule has 0 radical (unpaired) electrons. The minimum atomic E-state index is -0.762. The van der Waals surface area contributed by atoms with Crippen LogP contribution >= 0.6 is 0 Å². The van der Waals surface area contributed by atoms with Crippen molar-refractivity contribution in [2.24, 2.45) is 5.92 Å². The number of amides is 1. The Kier molecular flexibility index (Phi) is 6.65. The van der Waals surface area contributed by atoms with E-state index in [1.54, 1.807) is 0 Å². The average molecular weight is 285 g/mol. The van der Waals surface area contributed by atoms with Gasteiger partial charge in [0.15, 0.2) is 0 Å². The molecule has 0 spiro atoms. The molecule has 1 aliphatic carbocycles. The number of rotatable bonds is 6. The Morgan fingerprint density at radius 3 is 2.70 bits per heavy atom. The van der Waals surface area contributed by atoms with E-state index in [0.29, 0.717) is 6.42 Å². The Morgan fingerprint density at radius 1 is 1.55 bits per heavy atom. The van der Waals surface area contributed by atoms with E-state index in [1.165, 1.54) is 12.5 Å². The number of aliphatic hydroxyl groups excluding tert-OH is 2. The summed E-state index contributed by atoms with van der Waals surface area (Å²) in [5.74, 6) is -0.0430. The van der Waals surface area contributed by atoms with Crippen molar-refractivity contribution in [2.75, 3.05) is 6.61 Å². The number of aliphatic hydroxyl groups is 2. The number of carbonyl (C=O) groups excluding carboxylic acids is 1. The summed E-state index contributed by atoms with van der Waals surface area (Å²) >= 11 is 0. The van der Waals surface area contributed by atoms with Gasteiger partial charge in [0.05, 0.1) is 31.0 Å². The van der Waals surface area contributed by atoms with Gasteiger partial charge in [0.1, 0.15) is 0 Å². The lowest BCUT2D eigenvalue weighted by Gasteiger charge is -2.38. The highest BCUT2D eigenvalue weighted by atomic mass is 16.5. The van der Waals surface area contributed by atoms with Gasteiger partial charge in [-0.15, -0.1) is 0 Å². The fourth-order valence-electron chi connectivity index (χ4n) is 2.79. The van der Waals surface area contributed by atoms with Gasteiger partial charge in [-0.25, -0.2) is 0 Å². The predicted molar refractivity (Wildman–Crippen MR) is 77.2 cm³/mol. The average Bonchev–Trinajstić information content (AvgIpc) is 2.32. The molecular formula is C15H27NO4. The lowest BCUT2D eigenvalue weighted by molar-refractivity contribution is -0.122. The molecule has 0 aliphatic heterocycles. The van der Waals surface area contributed by atoms with E-state index in [9.17, 15) is 9.90 Å². The molecule has 0 aromatic rings. The van der Waals surface area contributed by atoms with Crippen LogP contribution < -0.4 is 5.32 Å². The molecule has 0 heterocycles. The van der Waals surface area contributed by atoms with Crippen LogP contribution in [0.25, 0.3) is 0 Å². The van der Waals surface area contributed by atoms with Crippen molar-refractivity contribution in [1.82, 2.24) is 5.32 Å². The van der Waals surface area contributed by atoms with Crippen LogP contribution in [0, 0.1) is 5.92 Å². The number of allylic oxidation sites excluding steroid dienone is 1. The van der Waals surface area contributed by atoms with E-state index in [4.69, 9.17) is 9.84 Å². The molecule has 4 atom stereocenters. The number of ether oxygens (including phenoxy) is 1. The first-order chi connectivity index (χ1) is 9.33. The fraction of sp³-hybridized carbons (Fsp3) is 0.800. The molecule has 3 N–H and O–H groups in total. The maximum Gasteiger partial charge on any atom is 0.217 e. The first-order valence-electron chi connectivity index (χ1n) is 7.22. The van der Waals surface area contributed by atoms with Gasteiger partial charge in [-0.3, -0.25) is 4.79 Å². The van der Waals surface area contributed by atoms with Crippen molar-refractivity contribution in [1.29, 1.82) is 0 Å². The van der Waals surface area contributed by atoms with Crippen LogP contribution in [-0.2, 0) is 9.53 Å². The third-order valence-corrected chi connectivity index (χ3v) is 3.48. The van der Waals surface area contributed by atoms with Crippen molar-refractivity contribution >= 4 is 5.91 Å². The third kappa shape index (κ3) is 5.23. The molecule has 0 saturated heterocycles. The summed E-state index contributed by atoms with van der Waals surface area (Å²) in [6.07, 6.45) is 2.39. The summed E-state index contributed by atoms with van der Waals surface area (Å²) < 4.78 is 5.89. The van der Waals surface area contributed by atoms with E-state index in [-0.39, 0.29) is 36.7 Å². The van der Waals surface area contributed by atoms with Crippen LogP contribution in [0.1, 0.15) is 40.5 Å². The van der Waals surface area contributed by atoms with Gasteiger partial charge in [-0.2, -0.15) is 0 Å². The Bertz CT molecular complexity index is 354. The summed E-state index contributed by atoms with van der Waals surface area (Å²) in [5.41, 5.74) is 1.19. The summed E-state index contributed by atoms with van der Waals surface area (Å²) in [6.45, 7) is 7.16. The Hall–Kier alpha value is -0.910. The Labute approximate surface area is 121 Å². The van der Waals surface area contributed by atoms with Crippen LogP contribution in [0.5, 0.6) is 0 Å². The zero-order chi connectivity index (χ0) is 15.3. The molecule has 5 heteroatoms. The Morgan fingerprint density at radius 2 is 2.20 bits per heavy atom. The topological polar surface area (TPSA) is 78.8 Å². The summed E-state index contributed by atoms with van der Waals surface area (Å²) in [5, 5.41) is 21.7. The highest BCUT2D eigenvalue weighted by Crippen LogP contribution is 2.30. The number of hydrogen-bond acceptors (Lipinski definition) is 4. The maximum absolute atomic E-state index is 11.4. The molecule has 0 aromatic heterocycles.